The van der Waals surface area contributed by atoms with Gasteiger partial charge in [0.05, 0.1) is 11.9 Å². The van der Waals surface area contributed by atoms with Crippen molar-refractivity contribution in [2.75, 3.05) is 5.32 Å². The van der Waals surface area contributed by atoms with Gasteiger partial charge in [0.1, 0.15) is 0 Å². The molecule has 2 rings (SSSR count). The molecule has 7 heteroatoms. The van der Waals surface area contributed by atoms with Crippen LogP contribution in [0.2, 0.25) is 0 Å². The van der Waals surface area contributed by atoms with Crippen LogP contribution in [0.3, 0.4) is 0 Å². The lowest BCUT2D eigenvalue weighted by atomic mass is 10.2. The first-order valence-corrected chi connectivity index (χ1v) is 6.66. The van der Waals surface area contributed by atoms with Crippen LogP contribution in [0, 0.1) is 0 Å². The number of carboxylic acid groups (broad SMARTS) is 1. The van der Waals surface area contributed by atoms with Crippen molar-refractivity contribution in [2.24, 2.45) is 0 Å². The number of anilines is 1. The number of hydrogen-bond acceptors (Lipinski definition) is 4. The molecule has 0 spiro atoms. The van der Waals surface area contributed by atoms with Crippen LogP contribution in [0.5, 0.6) is 0 Å². The molecule has 0 bridgehead atoms. The summed E-state index contributed by atoms with van der Waals surface area (Å²) in [6.45, 7) is 2.03. The minimum atomic E-state index is -1.13. The van der Waals surface area contributed by atoms with Crippen molar-refractivity contribution in [3.8, 4) is 5.69 Å². The van der Waals surface area contributed by atoms with Crippen molar-refractivity contribution in [2.45, 2.75) is 26.2 Å². The lowest BCUT2D eigenvalue weighted by molar-refractivity contribution is -0.116. The second kappa shape index (κ2) is 6.65. The number of aromatic carboxylic acids is 1. The molecule has 0 aliphatic carbocycles. The van der Waals surface area contributed by atoms with Crippen LogP contribution in [0.4, 0.5) is 5.69 Å². The van der Waals surface area contributed by atoms with Gasteiger partial charge < -0.3 is 10.4 Å². The molecule has 0 saturated carbocycles. The average molecular weight is 288 g/mol. The molecule has 0 atom stereocenters. The van der Waals surface area contributed by atoms with Crippen LogP contribution >= 0.6 is 0 Å². The van der Waals surface area contributed by atoms with Gasteiger partial charge in [0.2, 0.25) is 5.91 Å². The Hall–Kier alpha value is -2.70. The van der Waals surface area contributed by atoms with Gasteiger partial charge in [0.15, 0.2) is 5.69 Å². The predicted octanol–water partition coefficient (Wildman–Crippen LogP) is 2.09. The number of hydrogen-bond donors (Lipinski definition) is 2. The molecule has 0 fully saturated rings. The highest BCUT2D eigenvalue weighted by Crippen LogP contribution is 2.14. The summed E-state index contributed by atoms with van der Waals surface area (Å²) >= 11 is 0. The fourth-order valence-corrected chi connectivity index (χ4v) is 1.77. The first-order chi connectivity index (χ1) is 10.1. The summed E-state index contributed by atoms with van der Waals surface area (Å²) in [5, 5.41) is 18.9. The molecule has 2 aromatic rings. The van der Waals surface area contributed by atoms with E-state index in [9.17, 15) is 9.59 Å². The van der Waals surface area contributed by atoms with Crippen LogP contribution in [-0.2, 0) is 4.79 Å². The lowest BCUT2D eigenvalue weighted by Gasteiger charge is -2.06. The molecule has 0 aliphatic heterocycles. The quantitative estimate of drug-likeness (QED) is 0.848. The molecule has 1 heterocycles. The Balaban J connectivity index is 2.13. The first-order valence-electron chi connectivity index (χ1n) is 6.66. The SMILES string of the molecule is CCCCC(=O)Nc1cccc(-n2cc(C(=O)O)nn2)c1. The molecular formula is C14H16N4O3. The standard InChI is InChI=1S/C14H16N4O3/c1-2-3-7-13(19)15-10-5-4-6-11(8-10)18-9-12(14(20)21)16-17-18/h4-6,8-9H,2-3,7H2,1H3,(H,15,19)(H,20,21). The molecule has 2 N–H and O–H groups in total. The molecule has 0 unspecified atom stereocenters. The zero-order valence-corrected chi connectivity index (χ0v) is 11.6. The van der Waals surface area contributed by atoms with E-state index in [1.165, 1.54) is 10.9 Å². The zero-order valence-electron chi connectivity index (χ0n) is 11.6. The van der Waals surface area contributed by atoms with Gasteiger partial charge >= 0.3 is 5.97 Å². The number of aromatic nitrogens is 3. The maximum Gasteiger partial charge on any atom is 0.358 e. The van der Waals surface area contributed by atoms with Gasteiger partial charge in [-0.1, -0.05) is 24.6 Å². The third-order valence-electron chi connectivity index (χ3n) is 2.86. The minimum Gasteiger partial charge on any atom is -0.476 e. The molecule has 110 valence electrons. The van der Waals surface area contributed by atoms with Gasteiger partial charge in [-0.05, 0) is 24.6 Å². The number of benzene rings is 1. The number of nitrogens with zero attached hydrogens (tertiary/aromatic N) is 3. The van der Waals surface area contributed by atoms with Crippen molar-refractivity contribution in [3.63, 3.8) is 0 Å². The van der Waals surface area contributed by atoms with Crippen LogP contribution in [0.15, 0.2) is 30.5 Å². The fraction of sp³-hybridized carbons (Fsp3) is 0.286. The number of carbonyl (C=O) groups excluding carboxylic acids is 1. The summed E-state index contributed by atoms with van der Waals surface area (Å²) in [4.78, 5) is 22.5. The maximum atomic E-state index is 11.7. The Kier molecular flexibility index (Phi) is 4.65. The number of carboxylic acids is 1. The van der Waals surface area contributed by atoms with E-state index in [0.29, 0.717) is 17.8 Å². The third-order valence-corrected chi connectivity index (χ3v) is 2.86. The summed E-state index contributed by atoms with van der Waals surface area (Å²) in [5.41, 5.74) is 1.14. The molecule has 0 saturated heterocycles. The predicted molar refractivity (Wildman–Crippen MR) is 76.5 cm³/mol. The van der Waals surface area contributed by atoms with Gasteiger partial charge in [-0.25, -0.2) is 9.48 Å². The second-order valence-corrected chi connectivity index (χ2v) is 4.56. The van der Waals surface area contributed by atoms with Crippen molar-refractivity contribution >= 4 is 17.6 Å². The van der Waals surface area contributed by atoms with E-state index in [-0.39, 0.29) is 11.6 Å². The van der Waals surface area contributed by atoms with Crippen LogP contribution in [0.25, 0.3) is 5.69 Å². The summed E-state index contributed by atoms with van der Waals surface area (Å²) in [6, 6.07) is 6.99. The van der Waals surface area contributed by atoms with Crippen molar-refractivity contribution in [1.82, 2.24) is 15.0 Å². The van der Waals surface area contributed by atoms with E-state index < -0.39 is 5.97 Å². The average Bonchev–Trinajstić information content (AvgIpc) is 2.95. The highest BCUT2D eigenvalue weighted by molar-refractivity contribution is 5.91. The Labute approximate surface area is 121 Å². The Morgan fingerprint density at radius 1 is 1.38 bits per heavy atom. The number of rotatable bonds is 6. The number of unbranched alkanes of at least 4 members (excludes halogenated alkanes) is 1. The third kappa shape index (κ3) is 3.88. The Morgan fingerprint density at radius 2 is 2.19 bits per heavy atom. The van der Waals surface area contributed by atoms with Gasteiger partial charge in [-0.15, -0.1) is 5.10 Å². The highest BCUT2D eigenvalue weighted by atomic mass is 16.4. The van der Waals surface area contributed by atoms with Crippen molar-refractivity contribution in [3.05, 3.63) is 36.2 Å². The maximum absolute atomic E-state index is 11.7. The summed E-state index contributed by atoms with van der Waals surface area (Å²) < 4.78 is 1.35. The van der Waals surface area contributed by atoms with E-state index >= 15 is 0 Å². The monoisotopic (exact) mass is 288 g/mol. The first kappa shape index (κ1) is 14.7. The second-order valence-electron chi connectivity index (χ2n) is 4.56. The lowest BCUT2D eigenvalue weighted by Crippen LogP contribution is -2.11. The summed E-state index contributed by atoms with van der Waals surface area (Å²) in [6.07, 6.45) is 3.61. The molecule has 1 amide bonds. The number of carbonyl (C=O) groups is 2. The van der Waals surface area contributed by atoms with Crippen molar-refractivity contribution in [1.29, 1.82) is 0 Å². The molecule has 7 nitrogen and oxygen atoms in total. The van der Waals surface area contributed by atoms with E-state index in [2.05, 4.69) is 15.6 Å². The van der Waals surface area contributed by atoms with E-state index in [0.717, 1.165) is 12.8 Å². The fourth-order valence-electron chi connectivity index (χ4n) is 1.77. The summed E-state index contributed by atoms with van der Waals surface area (Å²) in [5.74, 6) is -1.18. The van der Waals surface area contributed by atoms with E-state index in [4.69, 9.17) is 5.11 Å². The number of nitrogens with one attached hydrogen (secondary N) is 1. The van der Waals surface area contributed by atoms with Crippen LogP contribution in [0.1, 0.15) is 36.7 Å². The van der Waals surface area contributed by atoms with Gasteiger partial charge in [0, 0.05) is 12.1 Å². The van der Waals surface area contributed by atoms with E-state index in [1.807, 2.05) is 6.92 Å². The van der Waals surface area contributed by atoms with E-state index in [1.54, 1.807) is 24.3 Å². The molecule has 1 aromatic heterocycles. The van der Waals surface area contributed by atoms with Gasteiger partial charge in [-0.3, -0.25) is 4.79 Å². The van der Waals surface area contributed by atoms with Crippen LogP contribution < -0.4 is 5.32 Å². The van der Waals surface area contributed by atoms with Crippen molar-refractivity contribution < 1.29 is 14.7 Å². The minimum absolute atomic E-state index is 0.0428. The molecule has 1 aromatic carbocycles. The smallest absolute Gasteiger partial charge is 0.358 e. The number of amides is 1. The summed E-state index contributed by atoms with van der Waals surface area (Å²) in [7, 11) is 0. The molecule has 0 aliphatic rings. The topological polar surface area (TPSA) is 97.1 Å². The molecule has 0 radical (unpaired) electrons. The highest BCUT2D eigenvalue weighted by Gasteiger charge is 2.10. The largest absolute Gasteiger partial charge is 0.476 e. The normalized spacial score (nSPS) is 10.3. The van der Waals surface area contributed by atoms with Gasteiger partial charge in [-0.2, -0.15) is 0 Å². The molecular weight excluding hydrogens is 272 g/mol. The van der Waals surface area contributed by atoms with Gasteiger partial charge in [0.25, 0.3) is 0 Å². The molecule has 21 heavy (non-hydrogen) atoms. The Morgan fingerprint density at radius 3 is 2.86 bits per heavy atom. The van der Waals surface area contributed by atoms with Crippen LogP contribution in [-0.4, -0.2) is 32.0 Å². The Bertz CT molecular complexity index is 651. The zero-order chi connectivity index (χ0) is 15.2.